The minimum atomic E-state index is -6.42. The second-order valence-corrected chi connectivity index (χ2v) is 5.81. The van der Waals surface area contributed by atoms with Crippen molar-refractivity contribution in [2.24, 2.45) is 0 Å². The number of hydrogen-bond donors (Lipinski definition) is 0. The van der Waals surface area contributed by atoms with Crippen LogP contribution in [0.4, 0.5) is 35.3 Å². The van der Waals surface area contributed by atoms with Crippen LogP contribution in [0.25, 0.3) is 0 Å². The molecule has 0 bridgehead atoms. The predicted octanol–water partition coefficient (Wildman–Crippen LogP) is 4.35. The van der Waals surface area contributed by atoms with E-state index in [-0.39, 0.29) is 19.3 Å². The molecule has 12 heteroatoms. The molecule has 128 valence electrons. The van der Waals surface area contributed by atoms with Gasteiger partial charge in [-0.3, -0.25) is 0 Å². The van der Waals surface area contributed by atoms with Crippen LogP contribution in [-0.2, 0) is 14.5 Å². The van der Waals surface area contributed by atoms with Gasteiger partial charge in [0.15, 0.2) is 0 Å². The van der Waals surface area contributed by atoms with E-state index in [1.807, 2.05) is 4.39 Å². The lowest BCUT2D eigenvalue weighted by Crippen LogP contribution is -2.47. The van der Waals surface area contributed by atoms with Gasteiger partial charge in [-0.2, -0.15) is 39.2 Å². The van der Waals surface area contributed by atoms with Gasteiger partial charge in [-0.15, -0.1) is 0 Å². The normalized spacial score (nSPS) is 14.5. The first kappa shape index (κ1) is 20.3. The molecule has 0 aromatic heterocycles. The molecule has 0 saturated heterocycles. The zero-order chi connectivity index (χ0) is 16.9. The van der Waals surface area contributed by atoms with E-state index in [9.17, 15) is 43.7 Å². The molecule has 3 nitrogen and oxygen atoms in total. The lowest BCUT2D eigenvalue weighted by molar-refractivity contribution is -0.173. The fourth-order valence-corrected chi connectivity index (χ4v) is 1.94. The molecule has 0 fully saturated rings. The molecule has 0 unspecified atom stereocenters. The van der Waals surface area contributed by atoms with Crippen LogP contribution >= 0.6 is 0 Å². The summed E-state index contributed by atoms with van der Waals surface area (Å²) < 4.78 is 121. The van der Waals surface area contributed by atoms with Crippen molar-refractivity contribution < 1.29 is 48.1 Å². The molecule has 0 N–H and O–H groups in total. The molecule has 0 amide bonds. The van der Waals surface area contributed by atoms with E-state index in [1.165, 1.54) is 0 Å². The number of hydrogen-bond acceptors (Lipinski definition) is 3. The molecule has 0 aromatic carbocycles. The van der Waals surface area contributed by atoms with Crippen LogP contribution in [0.15, 0.2) is 0 Å². The molecule has 0 aromatic rings. The van der Waals surface area contributed by atoms with Crippen molar-refractivity contribution in [3.63, 3.8) is 0 Å². The summed E-state index contributed by atoms with van der Waals surface area (Å²) in [7, 11) is -6.42. The highest BCUT2D eigenvalue weighted by molar-refractivity contribution is 7.87. The Labute approximate surface area is 115 Å². The number of alkyl halides is 7. The minimum Gasteiger partial charge on any atom is -0.198 e. The van der Waals surface area contributed by atoms with Crippen LogP contribution in [-0.4, -0.2) is 25.8 Å². The van der Waals surface area contributed by atoms with Gasteiger partial charge in [-0.25, -0.2) is 0 Å². The smallest absolute Gasteiger partial charge is 0.198 e. The molecule has 0 aliphatic rings. The second-order valence-electron chi connectivity index (χ2n) is 4.27. The highest BCUT2D eigenvalue weighted by Crippen LogP contribution is 2.43. The van der Waals surface area contributed by atoms with Gasteiger partial charge in [-0.05, 0) is 17.4 Å². The molecule has 0 saturated carbocycles. The van der Waals surface area contributed by atoms with E-state index in [0.29, 0.717) is 0 Å². The first-order chi connectivity index (χ1) is 9.27. The summed E-state index contributed by atoms with van der Waals surface area (Å²) in [5.41, 5.74) is 0. The predicted molar refractivity (Wildman–Crippen MR) is 54.8 cm³/mol. The topological polar surface area (TPSA) is 43.4 Å². The van der Waals surface area contributed by atoms with Crippen molar-refractivity contribution >= 4 is 10.1 Å². The molecule has 0 aliphatic carbocycles. The van der Waals surface area contributed by atoms with Gasteiger partial charge in [0, 0.05) is 12.8 Å². The van der Waals surface area contributed by atoms with E-state index < -0.39 is 46.7 Å². The van der Waals surface area contributed by atoms with E-state index in [0.717, 1.165) is 0 Å². The summed E-state index contributed by atoms with van der Waals surface area (Å²) in [6.45, 7) is 0. The Morgan fingerprint density at radius 1 is 0.762 bits per heavy atom. The Morgan fingerprint density at radius 3 is 1.57 bits per heavy atom. The SMILES string of the molecule is O=S(=O)(OF)C(F)(F)C(F)(F)CCCCCCC(F)(F)F. The van der Waals surface area contributed by atoms with Crippen LogP contribution in [0.1, 0.15) is 38.5 Å². The first-order valence-corrected chi connectivity index (χ1v) is 7.05. The summed E-state index contributed by atoms with van der Waals surface area (Å²) in [6.07, 6.45) is -8.56. The fraction of sp³-hybridized carbons (Fsp3) is 1.00. The summed E-state index contributed by atoms with van der Waals surface area (Å²) in [5, 5.41) is -5.76. The quantitative estimate of drug-likeness (QED) is 0.458. The van der Waals surface area contributed by atoms with Crippen molar-refractivity contribution in [2.75, 3.05) is 0 Å². The lowest BCUT2D eigenvalue weighted by Gasteiger charge is -2.23. The first-order valence-electron chi connectivity index (χ1n) is 5.64. The highest BCUT2D eigenvalue weighted by atomic mass is 32.2. The Kier molecular flexibility index (Phi) is 6.85. The molecule has 0 atom stereocenters. The van der Waals surface area contributed by atoms with E-state index in [4.69, 9.17) is 0 Å². The average Bonchev–Trinajstić information content (AvgIpc) is 2.31. The Balaban J connectivity index is 4.32. The minimum absolute atomic E-state index is 0.145. The third kappa shape index (κ3) is 5.93. The third-order valence-corrected chi connectivity index (χ3v) is 3.62. The lowest BCUT2D eigenvalue weighted by atomic mass is 10.1. The molecule has 0 aliphatic heterocycles. The zero-order valence-electron chi connectivity index (χ0n) is 10.4. The van der Waals surface area contributed by atoms with Crippen LogP contribution in [0.5, 0.6) is 0 Å². The number of halogens is 8. The monoisotopic (exact) mass is 352 g/mol. The van der Waals surface area contributed by atoms with E-state index in [1.54, 1.807) is 0 Å². The summed E-state index contributed by atoms with van der Waals surface area (Å²) >= 11 is 0. The maximum atomic E-state index is 13.0. The van der Waals surface area contributed by atoms with Gasteiger partial charge < -0.3 is 0 Å². The Bertz CT molecular complexity index is 417. The largest absolute Gasteiger partial charge is 0.434 e. The molecular weight excluding hydrogens is 340 g/mol. The third-order valence-electron chi connectivity index (χ3n) is 2.52. The Morgan fingerprint density at radius 2 is 1.19 bits per heavy atom. The van der Waals surface area contributed by atoms with Crippen molar-refractivity contribution in [1.82, 2.24) is 0 Å². The van der Waals surface area contributed by atoms with Crippen molar-refractivity contribution in [2.45, 2.75) is 55.9 Å². The molecule has 21 heavy (non-hydrogen) atoms. The highest BCUT2D eigenvalue weighted by Gasteiger charge is 2.66. The Hall–Kier alpha value is -0.650. The van der Waals surface area contributed by atoms with Crippen molar-refractivity contribution in [3.05, 3.63) is 0 Å². The molecule has 0 heterocycles. The van der Waals surface area contributed by atoms with Gasteiger partial charge in [0.05, 0.1) is 0 Å². The molecule has 0 radical (unpaired) electrons. The van der Waals surface area contributed by atoms with Crippen LogP contribution in [0.2, 0.25) is 0 Å². The van der Waals surface area contributed by atoms with Crippen molar-refractivity contribution in [3.8, 4) is 0 Å². The molecule has 0 rings (SSSR count). The molecule has 0 spiro atoms. The second kappa shape index (κ2) is 7.07. The van der Waals surface area contributed by atoms with E-state index in [2.05, 4.69) is 0 Å². The maximum Gasteiger partial charge on any atom is 0.434 e. The number of unbranched alkanes of at least 4 members (excludes halogenated alkanes) is 3. The maximum absolute atomic E-state index is 13.0. The van der Waals surface area contributed by atoms with Gasteiger partial charge in [0.2, 0.25) is 0 Å². The van der Waals surface area contributed by atoms with Gasteiger partial charge in [0.25, 0.3) is 0 Å². The summed E-state index contributed by atoms with van der Waals surface area (Å²) in [6, 6.07) is 0. The average molecular weight is 352 g/mol. The standard InChI is InChI=1S/C9H12F8O3S/c10-7(11,9(15,16)21(18,19)20-17)5-3-1-2-4-6-8(12,13)14/h1-6H2. The van der Waals surface area contributed by atoms with E-state index >= 15 is 0 Å². The fourth-order valence-electron chi connectivity index (χ4n) is 1.39. The summed E-state index contributed by atoms with van der Waals surface area (Å²) in [4.78, 5) is 0. The molecular formula is C9H12F8O3S. The number of rotatable bonds is 9. The van der Waals surface area contributed by atoms with Crippen molar-refractivity contribution in [1.29, 1.82) is 0 Å². The van der Waals surface area contributed by atoms with Crippen LogP contribution in [0, 0.1) is 0 Å². The van der Waals surface area contributed by atoms with Crippen LogP contribution < -0.4 is 0 Å². The van der Waals surface area contributed by atoms with Crippen LogP contribution in [0.3, 0.4) is 0 Å². The zero-order valence-corrected chi connectivity index (χ0v) is 11.2. The van der Waals surface area contributed by atoms with Gasteiger partial charge in [-0.1, -0.05) is 17.2 Å². The van der Waals surface area contributed by atoms with Gasteiger partial charge >= 0.3 is 27.5 Å². The van der Waals surface area contributed by atoms with Gasteiger partial charge in [0.1, 0.15) is 0 Å². The summed E-state index contributed by atoms with van der Waals surface area (Å²) in [5.74, 6) is -5.10.